The fourth-order valence-corrected chi connectivity index (χ4v) is 3.97. The van der Waals surface area contributed by atoms with Crippen molar-refractivity contribution >= 4 is 39.9 Å². The summed E-state index contributed by atoms with van der Waals surface area (Å²) in [6.45, 7) is 3.38. The van der Waals surface area contributed by atoms with E-state index in [1.54, 1.807) is 0 Å². The van der Waals surface area contributed by atoms with E-state index in [1.165, 1.54) is 24.9 Å². The lowest BCUT2D eigenvalue weighted by molar-refractivity contribution is 0.298. The molecule has 1 saturated heterocycles. The molecule has 0 spiro atoms. The summed E-state index contributed by atoms with van der Waals surface area (Å²) >= 11 is 9.50. The second kappa shape index (κ2) is 6.31. The normalized spacial score (nSPS) is 30.2. The summed E-state index contributed by atoms with van der Waals surface area (Å²) in [5, 5.41) is 0.777. The van der Waals surface area contributed by atoms with Crippen molar-refractivity contribution in [1.29, 1.82) is 0 Å². The first-order chi connectivity index (χ1) is 8.63. The van der Waals surface area contributed by atoms with Crippen LogP contribution >= 0.6 is 39.9 Å². The van der Waals surface area contributed by atoms with E-state index in [0.717, 1.165) is 34.4 Å². The van der Waals surface area contributed by atoms with Crippen LogP contribution in [0.3, 0.4) is 0 Å². The molecule has 106 valence electrons. The number of halogens is 3. The van der Waals surface area contributed by atoms with Gasteiger partial charge in [0.1, 0.15) is 0 Å². The molecule has 2 nitrogen and oxygen atoms in total. The van der Waals surface area contributed by atoms with E-state index >= 15 is 0 Å². The van der Waals surface area contributed by atoms with Crippen LogP contribution in [0.15, 0.2) is 22.7 Å². The van der Waals surface area contributed by atoms with Crippen molar-refractivity contribution in [3.63, 3.8) is 0 Å². The molecule has 0 amide bonds. The first kappa shape index (κ1) is 15.6. The van der Waals surface area contributed by atoms with Crippen molar-refractivity contribution in [2.24, 2.45) is 17.6 Å². The van der Waals surface area contributed by atoms with E-state index in [0.29, 0.717) is 6.04 Å². The molecule has 2 fully saturated rings. The highest BCUT2D eigenvalue weighted by Gasteiger charge is 2.40. The van der Waals surface area contributed by atoms with Crippen LogP contribution in [-0.4, -0.2) is 24.0 Å². The number of nitrogens with zero attached hydrogens (tertiary/aromatic N) is 1. The predicted molar refractivity (Wildman–Crippen MR) is 85.9 cm³/mol. The minimum Gasteiger partial charge on any atom is -0.327 e. The molecule has 2 N–H and O–H groups in total. The second-order valence-corrected chi connectivity index (χ2v) is 6.87. The quantitative estimate of drug-likeness (QED) is 0.865. The van der Waals surface area contributed by atoms with Gasteiger partial charge in [0.05, 0.1) is 5.02 Å². The Morgan fingerprint density at radius 3 is 2.79 bits per heavy atom. The lowest BCUT2D eigenvalue weighted by atomic mass is 9.98. The fraction of sp³-hybridized carbons (Fsp3) is 0.571. The zero-order valence-corrected chi connectivity index (χ0v) is 13.8. The molecule has 3 rings (SSSR count). The van der Waals surface area contributed by atoms with E-state index in [9.17, 15) is 0 Å². The number of fused-ring (bicyclic) bond motifs is 1. The van der Waals surface area contributed by atoms with Crippen molar-refractivity contribution < 1.29 is 0 Å². The van der Waals surface area contributed by atoms with Crippen LogP contribution in [-0.2, 0) is 6.54 Å². The molecule has 0 bridgehead atoms. The van der Waals surface area contributed by atoms with Gasteiger partial charge >= 0.3 is 0 Å². The smallest absolute Gasteiger partial charge is 0.0548 e. The Hall–Kier alpha value is 0.200. The van der Waals surface area contributed by atoms with E-state index in [1.807, 2.05) is 6.07 Å². The Bertz CT molecular complexity index is 455. The van der Waals surface area contributed by atoms with Gasteiger partial charge in [-0.25, -0.2) is 0 Å². The third kappa shape index (κ3) is 3.27. The SMILES string of the molecule is Cl.NC1CCC2CN(Cc3ccc(Cl)c(Br)c3)CC12. The lowest BCUT2D eigenvalue weighted by Crippen LogP contribution is -2.30. The largest absolute Gasteiger partial charge is 0.327 e. The summed E-state index contributed by atoms with van der Waals surface area (Å²) in [7, 11) is 0. The van der Waals surface area contributed by atoms with Gasteiger partial charge in [-0.3, -0.25) is 4.90 Å². The van der Waals surface area contributed by atoms with Crippen LogP contribution in [0.25, 0.3) is 0 Å². The van der Waals surface area contributed by atoms with E-state index in [4.69, 9.17) is 17.3 Å². The fourth-order valence-electron chi connectivity index (χ4n) is 3.43. The molecule has 1 heterocycles. The second-order valence-electron chi connectivity index (χ2n) is 5.61. The maximum atomic E-state index is 6.17. The Morgan fingerprint density at radius 1 is 1.32 bits per heavy atom. The number of nitrogens with two attached hydrogens (primary N) is 1. The summed E-state index contributed by atoms with van der Waals surface area (Å²) in [4.78, 5) is 2.53. The molecule has 1 aromatic rings. The Kier molecular flexibility index (Phi) is 5.18. The molecule has 0 radical (unpaired) electrons. The molecule has 5 heteroatoms. The molecular formula is C14H19BrCl2N2. The van der Waals surface area contributed by atoms with Crippen LogP contribution in [0.5, 0.6) is 0 Å². The molecule has 19 heavy (non-hydrogen) atoms. The third-order valence-corrected chi connectivity index (χ3v) is 5.59. The Morgan fingerprint density at radius 2 is 2.11 bits per heavy atom. The van der Waals surface area contributed by atoms with Crippen molar-refractivity contribution in [3.8, 4) is 0 Å². The average Bonchev–Trinajstić information content (AvgIpc) is 2.87. The first-order valence-corrected chi connectivity index (χ1v) is 7.72. The van der Waals surface area contributed by atoms with E-state index < -0.39 is 0 Å². The number of benzene rings is 1. The molecule has 3 atom stereocenters. The van der Waals surface area contributed by atoms with Gasteiger partial charge in [0.25, 0.3) is 0 Å². The van der Waals surface area contributed by atoms with Crippen molar-refractivity contribution in [2.75, 3.05) is 13.1 Å². The van der Waals surface area contributed by atoms with Gasteiger partial charge in [0.2, 0.25) is 0 Å². The number of hydrogen-bond acceptors (Lipinski definition) is 2. The summed E-state index contributed by atoms with van der Waals surface area (Å²) < 4.78 is 0.984. The van der Waals surface area contributed by atoms with Gasteiger partial charge in [-0.2, -0.15) is 0 Å². The standard InChI is InChI=1S/C14H18BrClN2.ClH/c15-12-5-9(1-3-13(12)16)6-18-7-10-2-4-14(17)11(10)8-18;/h1,3,5,10-11,14H,2,4,6-8,17H2;1H. The average molecular weight is 366 g/mol. The van der Waals surface area contributed by atoms with E-state index in [-0.39, 0.29) is 12.4 Å². The molecule has 0 aromatic heterocycles. The summed E-state index contributed by atoms with van der Waals surface area (Å²) in [6.07, 6.45) is 2.53. The Balaban J connectivity index is 0.00000133. The van der Waals surface area contributed by atoms with Crippen LogP contribution in [0, 0.1) is 11.8 Å². The zero-order valence-electron chi connectivity index (χ0n) is 10.7. The molecule has 3 unspecified atom stereocenters. The zero-order chi connectivity index (χ0) is 12.7. The summed E-state index contributed by atoms with van der Waals surface area (Å²) in [5.41, 5.74) is 7.49. The molecular weight excluding hydrogens is 347 g/mol. The third-order valence-electron chi connectivity index (χ3n) is 4.38. The molecule has 2 aliphatic rings. The molecule has 1 aliphatic carbocycles. The number of hydrogen-bond donors (Lipinski definition) is 1. The van der Waals surface area contributed by atoms with Crippen LogP contribution in [0.2, 0.25) is 5.02 Å². The number of rotatable bonds is 2. The van der Waals surface area contributed by atoms with Crippen molar-refractivity contribution in [1.82, 2.24) is 4.90 Å². The Labute approximate surface area is 134 Å². The van der Waals surface area contributed by atoms with Gasteiger partial charge in [-0.15, -0.1) is 12.4 Å². The monoisotopic (exact) mass is 364 g/mol. The van der Waals surface area contributed by atoms with Gasteiger partial charge in [0.15, 0.2) is 0 Å². The van der Waals surface area contributed by atoms with E-state index in [2.05, 4.69) is 33.0 Å². The lowest BCUT2D eigenvalue weighted by Gasteiger charge is -2.18. The number of likely N-dealkylation sites (tertiary alicyclic amines) is 1. The molecule has 1 aromatic carbocycles. The van der Waals surface area contributed by atoms with Gasteiger partial charge in [-0.05, 0) is 58.3 Å². The van der Waals surface area contributed by atoms with Crippen molar-refractivity contribution in [3.05, 3.63) is 33.3 Å². The summed E-state index contributed by atoms with van der Waals surface area (Å²) in [5.74, 6) is 1.55. The van der Waals surface area contributed by atoms with Crippen LogP contribution in [0.4, 0.5) is 0 Å². The predicted octanol–water partition coefficient (Wildman–Crippen LogP) is 3.69. The molecule has 1 saturated carbocycles. The minimum absolute atomic E-state index is 0. The van der Waals surface area contributed by atoms with Crippen LogP contribution in [0.1, 0.15) is 18.4 Å². The summed E-state index contributed by atoms with van der Waals surface area (Å²) in [6, 6.07) is 6.62. The topological polar surface area (TPSA) is 29.3 Å². The minimum atomic E-state index is 0. The van der Waals surface area contributed by atoms with Crippen LogP contribution < -0.4 is 5.73 Å². The molecule has 1 aliphatic heterocycles. The van der Waals surface area contributed by atoms with Gasteiger partial charge < -0.3 is 5.73 Å². The maximum Gasteiger partial charge on any atom is 0.0548 e. The first-order valence-electron chi connectivity index (χ1n) is 6.55. The van der Waals surface area contributed by atoms with Gasteiger partial charge in [-0.1, -0.05) is 17.7 Å². The highest BCUT2D eigenvalue weighted by molar-refractivity contribution is 9.10. The highest BCUT2D eigenvalue weighted by atomic mass is 79.9. The maximum absolute atomic E-state index is 6.17. The highest BCUT2D eigenvalue weighted by Crippen LogP contribution is 2.37. The van der Waals surface area contributed by atoms with Crippen molar-refractivity contribution in [2.45, 2.75) is 25.4 Å². The van der Waals surface area contributed by atoms with Gasteiger partial charge in [0, 0.05) is 30.1 Å².